The van der Waals surface area contributed by atoms with Gasteiger partial charge in [0, 0.05) is 25.0 Å². The fourth-order valence-electron chi connectivity index (χ4n) is 3.55. The van der Waals surface area contributed by atoms with E-state index in [4.69, 9.17) is 4.74 Å². The molecule has 3 fully saturated rings. The summed E-state index contributed by atoms with van der Waals surface area (Å²) in [5.74, 6) is -0.0102. The molecule has 0 spiro atoms. The first-order valence-corrected chi connectivity index (χ1v) is 6.60. The van der Waals surface area contributed by atoms with Crippen LogP contribution >= 0.6 is 0 Å². The molecular formula is C13H20N2O3. The van der Waals surface area contributed by atoms with Crippen molar-refractivity contribution in [1.29, 1.82) is 0 Å². The van der Waals surface area contributed by atoms with E-state index in [9.17, 15) is 9.59 Å². The normalized spacial score (nSPS) is 38.7. The summed E-state index contributed by atoms with van der Waals surface area (Å²) in [5.41, 5.74) is -0.864. The Morgan fingerprint density at radius 3 is 2.72 bits per heavy atom. The maximum Gasteiger partial charge on any atom is 0.327 e. The Kier molecular flexibility index (Phi) is 2.31. The summed E-state index contributed by atoms with van der Waals surface area (Å²) < 4.78 is 5.51. The highest BCUT2D eigenvalue weighted by atomic mass is 16.6. The van der Waals surface area contributed by atoms with E-state index in [2.05, 4.69) is 10.2 Å². The zero-order valence-electron chi connectivity index (χ0n) is 11.2. The number of carbonyl (C=O) groups excluding carboxylic acids is 2. The first-order valence-electron chi connectivity index (χ1n) is 6.60. The lowest BCUT2D eigenvalue weighted by molar-refractivity contribution is -0.226. The summed E-state index contributed by atoms with van der Waals surface area (Å²) in [4.78, 5) is 26.0. The van der Waals surface area contributed by atoms with Crippen LogP contribution < -0.4 is 5.32 Å². The molecule has 0 aromatic rings. The first kappa shape index (κ1) is 12.0. The number of piperidine rings is 1. The smallest absolute Gasteiger partial charge is 0.327 e. The molecule has 1 N–H and O–H groups in total. The molecule has 3 aliphatic heterocycles. The van der Waals surface area contributed by atoms with Crippen LogP contribution in [0, 0.1) is 0 Å². The second kappa shape index (κ2) is 3.47. The lowest BCUT2D eigenvalue weighted by Gasteiger charge is -2.67. The molecular weight excluding hydrogens is 232 g/mol. The Morgan fingerprint density at radius 1 is 1.39 bits per heavy atom. The molecule has 3 saturated heterocycles. The monoisotopic (exact) mass is 252 g/mol. The number of nitrogens with one attached hydrogen (secondary N) is 1. The Balaban J connectivity index is 1.73. The van der Waals surface area contributed by atoms with Gasteiger partial charge in [0.05, 0.1) is 0 Å². The molecule has 3 rings (SSSR count). The number of hydrogen-bond donors (Lipinski definition) is 1. The van der Waals surface area contributed by atoms with E-state index < -0.39 is 11.1 Å². The molecule has 3 heterocycles. The van der Waals surface area contributed by atoms with E-state index >= 15 is 0 Å². The fraction of sp³-hybridized carbons (Fsp3) is 0.846. The third-order valence-corrected chi connectivity index (χ3v) is 4.16. The maximum absolute atomic E-state index is 12.3. The highest BCUT2D eigenvalue weighted by Gasteiger charge is 2.69. The van der Waals surface area contributed by atoms with Gasteiger partial charge < -0.3 is 10.1 Å². The van der Waals surface area contributed by atoms with Gasteiger partial charge in [-0.05, 0) is 33.6 Å². The van der Waals surface area contributed by atoms with Crippen LogP contribution in [0.1, 0.15) is 40.0 Å². The zero-order chi connectivity index (χ0) is 13.1. The van der Waals surface area contributed by atoms with Gasteiger partial charge in [-0.2, -0.15) is 0 Å². The third-order valence-electron chi connectivity index (χ3n) is 4.16. The number of amides is 1. The van der Waals surface area contributed by atoms with E-state index in [1.807, 2.05) is 20.8 Å². The van der Waals surface area contributed by atoms with Crippen molar-refractivity contribution in [3.8, 4) is 0 Å². The summed E-state index contributed by atoms with van der Waals surface area (Å²) in [6.45, 7) is 6.34. The van der Waals surface area contributed by atoms with Crippen molar-refractivity contribution in [2.45, 2.75) is 63.3 Å². The second-order valence-corrected chi connectivity index (χ2v) is 6.66. The highest BCUT2D eigenvalue weighted by Crippen LogP contribution is 2.54. The van der Waals surface area contributed by atoms with Crippen molar-refractivity contribution in [2.24, 2.45) is 0 Å². The van der Waals surface area contributed by atoms with Crippen LogP contribution in [0.5, 0.6) is 0 Å². The Labute approximate surface area is 107 Å². The molecule has 3 aliphatic rings. The Hall–Kier alpha value is -1.10. The van der Waals surface area contributed by atoms with Gasteiger partial charge in [-0.25, -0.2) is 0 Å². The van der Waals surface area contributed by atoms with E-state index in [1.165, 1.54) is 0 Å². The topological polar surface area (TPSA) is 58.6 Å². The molecule has 3 atom stereocenters. The van der Waals surface area contributed by atoms with Gasteiger partial charge in [-0.1, -0.05) is 0 Å². The van der Waals surface area contributed by atoms with Crippen molar-refractivity contribution >= 4 is 11.9 Å². The Bertz CT molecular complexity index is 415. The van der Waals surface area contributed by atoms with Crippen molar-refractivity contribution in [3.63, 3.8) is 0 Å². The van der Waals surface area contributed by atoms with Gasteiger partial charge in [-0.3, -0.25) is 14.5 Å². The van der Waals surface area contributed by atoms with Crippen LogP contribution in [0.3, 0.4) is 0 Å². The standard InChI is InChI=1S/C13H20N2O3/c1-12(2,3)18-11(17)13-5-8-4-10(16)14-7-9(6-13)15(8)13/h8-9H,4-7H2,1-3H3,(H,14,16). The molecule has 18 heavy (non-hydrogen) atoms. The molecule has 5 heteroatoms. The number of nitrogens with zero attached hydrogens (tertiary/aromatic N) is 1. The molecule has 1 amide bonds. The molecule has 0 bridgehead atoms. The van der Waals surface area contributed by atoms with Gasteiger partial charge >= 0.3 is 5.97 Å². The van der Waals surface area contributed by atoms with Crippen LogP contribution in [-0.4, -0.2) is 46.5 Å². The predicted molar refractivity (Wildman–Crippen MR) is 64.9 cm³/mol. The SMILES string of the molecule is CC(C)(C)OC(=O)C12CC3CNC(=O)CC(C1)N32. The van der Waals surface area contributed by atoms with Crippen LogP contribution in [0.2, 0.25) is 0 Å². The summed E-state index contributed by atoms with van der Waals surface area (Å²) in [6.07, 6.45) is 2.10. The van der Waals surface area contributed by atoms with Crippen LogP contribution in [0.25, 0.3) is 0 Å². The first-order chi connectivity index (χ1) is 8.32. The molecule has 0 saturated carbocycles. The summed E-state index contributed by atoms with van der Waals surface area (Å²) in [5, 5.41) is 2.90. The van der Waals surface area contributed by atoms with Gasteiger partial charge in [-0.15, -0.1) is 0 Å². The number of carbonyl (C=O) groups is 2. The van der Waals surface area contributed by atoms with Crippen LogP contribution in [-0.2, 0) is 14.3 Å². The van der Waals surface area contributed by atoms with E-state index in [0.29, 0.717) is 19.0 Å². The van der Waals surface area contributed by atoms with Crippen molar-refractivity contribution in [1.82, 2.24) is 10.2 Å². The van der Waals surface area contributed by atoms with Crippen molar-refractivity contribution in [3.05, 3.63) is 0 Å². The van der Waals surface area contributed by atoms with E-state index in [0.717, 1.165) is 12.8 Å². The number of ether oxygens (including phenoxy) is 1. The minimum absolute atomic E-state index is 0.104. The van der Waals surface area contributed by atoms with Crippen LogP contribution in [0.4, 0.5) is 0 Å². The number of hydrogen-bond acceptors (Lipinski definition) is 4. The van der Waals surface area contributed by atoms with Gasteiger partial charge in [0.1, 0.15) is 11.1 Å². The molecule has 0 aromatic carbocycles. The van der Waals surface area contributed by atoms with Crippen molar-refractivity contribution < 1.29 is 14.3 Å². The molecule has 3 unspecified atom stereocenters. The fourth-order valence-corrected chi connectivity index (χ4v) is 3.55. The van der Waals surface area contributed by atoms with Crippen molar-refractivity contribution in [2.75, 3.05) is 6.54 Å². The van der Waals surface area contributed by atoms with Gasteiger partial charge in [0.15, 0.2) is 0 Å². The molecule has 0 aromatic heterocycles. The van der Waals surface area contributed by atoms with E-state index in [-0.39, 0.29) is 17.9 Å². The molecule has 0 aliphatic carbocycles. The molecule has 0 radical (unpaired) electrons. The molecule has 5 nitrogen and oxygen atoms in total. The zero-order valence-corrected chi connectivity index (χ0v) is 11.2. The predicted octanol–water partition coefficient (Wildman–Crippen LogP) is 0.433. The summed E-state index contributed by atoms with van der Waals surface area (Å²) >= 11 is 0. The van der Waals surface area contributed by atoms with E-state index in [1.54, 1.807) is 0 Å². The minimum atomic E-state index is -0.443. The highest BCUT2D eigenvalue weighted by molar-refractivity contribution is 5.86. The largest absolute Gasteiger partial charge is 0.459 e. The third kappa shape index (κ3) is 1.56. The lowest BCUT2D eigenvalue weighted by Crippen LogP contribution is -2.82. The average Bonchev–Trinajstić information content (AvgIpc) is 2.25. The van der Waals surface area contributed by atoms with Gasteiger partial charge in [0.2, 0.25) is 5.91 Å². The quantitative estimate of drug-likeness (QED) is 0.688. The lowest BCUT2D eigenvalue weighted by atomic mass is 9.64. The maximum atomic E-state index is 12.3. The second-order valence-electron chi connectivity index (χ2n) is 6.66. The molecule has 100 valence electrons. The summed E-state index contributed by atoms with van der Waals surface area (Å²) in [7, 11) is 0. The minimum Gasteiger partial charge on any atom is -0.459 e. The van der Waals surface area contributed by atoms with Crippen LogP contribution in [0.15, 0.2) is 0 Å². The van der Waals surface area contributed by atoms with Gasteiger partial charge in [0.25, 0.3) is 0 Å². The number of esters is 1. The summed E-state index contributed by atoms with van der Waals surface area (Å²) in [6, 6.07) is 0.557. The Morgan fingerprint density at radius 2 is 2.06 bits per heavy atom. The number of rotatable bonds is 1. The average molecular weight is 252 g/mol.